The summed E-state index contributed by atoms with van der Waals surface area (Å²) in [5, 5.41) is 0. The molecule has 0 aliphatic carbocycles. The normalized spacial score (nSPS) is 18.6. The van der Waals surface area contributed by atoms with Crippen LogP contribution in [0, 0.1) is 19.3 Å². The summed E-state index contributed by atoms with van der Waals surface area (Å²) in [6, 6.07) is 1.83. The first-order chi connectivity index (χ1) is 13.5. The maximum absolute atomic E-state index is 13.2. The van der Waals surface area contributed by atoms with E-state index in [1.165, 1.54) is 0 Å². The molecule has 4 heterocycles. The van der Waals surface area contributed by atoms with Crippen molar-refractivity contribution >= 4 is 5.91 Å². The summed E-state index contributed by atoms with van der Waals surface area (Å²) in [7, 11) is 0. The quantitative estimate of drug-likeness (QED) is 0.811. The molecule has 7 nitrogen and oxygen atoms in total. The number of hydrogen-bond donors (Lipinski definition) is 0. The third kappa shape index (κ3) is 3.58. The van der Waals surface area contributed by atoms with Crippen molar-refractivity contribution in [3.63, 3.8) is 0 Å². The number of ether oxygens (including phenoxy) is 1. The van der Waals surface area contributed by atoms with Gasteiger partial charge in [0.1, 0.15) is 5.56 Å². The van der Waals surface area contributed by atoms with Crippen LogP contribution in [0.5, 0.6) is 0 Å². The van der Waals surface area contributed by atoms with Crippen molar-refractivity contribution in [2.45, 2.75) is 39.7 Å². The first-order valence-corrected chi connectivity index (χ1v) is 9.82. The van der Waals surface area contributed by atoms with E-state index in [-0.39, 0.29) is 22.4 Å². The second kappa shape index (κ2) is 7.47. The fourth-order valence-electron chi connectivity index (χ4n) is 4.20. The minimum atomic E-state index is -0.264. The molecule has 2 fully saturated rings. The molecule has 0 saturated carbocycles. The fourth-order valence-corrected chi connectivity index (χ4v) is 4.20. The Labute approximate surface area is 164 Å². The van der Waals surface area contributed by atoms with E-state index in [0.29, 0.717) is 30.9 Å². The number of hydrogen-bond acceptors (Lipinski definition) is 5. The summed E-state index contributed by atoms with van der Waals surface area (Å²) in [6.45, 7) is 6.93. The molecule has 2 aromatic heterocycles. The molecule has 1 amide bonds. The van der Waals surface area contributed by atoms with Crippen LogP contribution in [0.15, 0.2) is 29.5 Å². The highest BCUT2D eigenvalue weighted by Crippen LogP contribution is 2.40. The van der Waals surface area contributed by atoms with Gasteiger partial charge in [-0.1, -0.05) is 0 Å². The van der Waals surface area contributed by atoms with Gasteiger partial charge >= 0.3 is 0 Å². The van der Waals surface area contributed by atoms with Crippen molar-refractivity contribution in [2.75, 3.05) is 26.3 Å². The number of aromatic nitrogens is 3. The van der Waals surface area contributed by atoms with E-state index in [9.17, 15) is 9.59 Å². The van der Waals surface area contributed by atoms with Crippen molar-refractivity contribution in [1.29, 1.82) is 0 Å². The molecule has 148 valence electrons. The predicted octanol–water partition coefficient (Wildman–Crippen LogP) is 1.95. The van der Waals surface area contributed by atoms with Crippen molar-refractivity contribution in [3.8, 4) is 0 Å². The number of likely N-dealkylation sites (tertiary alicyclic amines) is 1. The maximum atomic E-state index is 13.2. The molecule has 0 unspecified atom stereocenters. The highest BCUT2D eigenvalue weighted by Gasteiger charge is 2.41. The Bertz CT molecular complexity index is 930. The first kappa shape index (κ1) is 18.8. The molecule has 2 saturated heterocycles. The van der Waals surface area contributed by atoms with Crippen LogP contribution < -0.4 is 5.56 Å². The minimum absolute atomic E-state index is 0.157. The molecular formula is C21H26N4O3. The largest absolute Gasteiger partial charge is 0.381 e. The molecule has 2 aliphatic heterocycles. The zero-order chi connectivity index (χ0) is 19.7. The van der Waals surface area contributed by atoms with Crippen LogP contribution in [0.4, 0.5) is 0 Å². The Hall–Kier alpha value is -2.54. The lowest BCUT2D eigenvalue weighted by Crippen LogP contribution is -2.39. The third-order valence-corrected chi connectivity index (χ3v) is 6.03. The molecule has 0 bridgehead atoms. The van der Waals surface area contributed by atoms with E-state index in [4.69, 9.17) is 4.74 Å². The number of amides is 1. The number of carbonyl (C=O) groups excluding carboxylic acids is 1. The molecule has 7 heteroatoms. The Morgan fingerprint density at radius 2 is 1.96 bits per heavy atom. The van der Waals surface area contributed by atoms with Gasteiger partial charge in [-0.2, -0.15) is 0 Å². The monoisotopic (exact) mass is 382 g/mol. The Morgan fingerprint density at radius 3 is 2.68 bits per heavy atom. The SMILES string of the molecule is Cc1cnc(Cn2ccc(C)c(C(=O)N3CCC4(CCOCC4)C3)c2=O)cn1. The Morgan fingerprint density at radius 1 is 1.18 bits per heavy atom. The summed E-state index contributed by atoms with van der Waals surface area (Å²) in [5.41, 5.74) is 2.40. The second-order valence-corrected chi connectivity index (χ2v) is 8.05. The Balaban J connectivity index is 1.58. The molecular weight excluding hydrogens is 356 g/mol. The average Bonchev–Trinajstić information content (AvgIpc) is 3.09. The van der Waals surface area contributed by atoms with E-state index in [1.54, 1.807) is 23.2 Å². The van der Waals surface area contributed by atoms with Crippen molar-refractivity contribution in [3.05, 3.63) is 57.5 Å². The van der Waals surface area contributed by atoms with Crippen molar-refractivity contribution in [1.82, 2.24) is 19.4 Å². The van der Waals surface area contributed by atoms with Crippen LogP contribution in [0.3, 0.4) is 0 Å². The summed E-state index contributed by atoms with van der Waals surface area (Å²) in [6.07, 6.45) is 8.03. The summed E-state index contributed by atoms with van der Waals surface area (Å²) in [4.78, 5) is 36.7. The highest BCUT2D eigenvalue weighted by molar-refractivity contribution is 5.95. The summed E-state index contributed by atoms with van der Waals surface area (Å²) >= 11 is 0. The van der Waals surface area contributed by atoms with Crippen LogP contribution in [0.2, 0.25) is 0 Å². The lowest BCUT2D eigenvalue weighted by atomic mass is 9.80. The van der Waals surface area contributed by atoms with Crippen LogP contribution >= 0.6 is 0 Å². The molecule has 0 aromatic carbocycles. The van der Waals surface area contributed by atoms with Crippen molar-refractivity contribution < 1.29 is 9.53 Å². The zero-order valence-corrected chi connectivity index (χ0v) is 16.5. The van der Waals surface area contributed by atoms with Gasteiger partial charge in [-0.05, 0) is 50.2 Å². The first-order valence-electron chi connectivity index (χ1n) is 9.82. The molecule has 0 radical (unpaired) electrons. The van der Waals surface area contributed by atoms with Crippen LogP contribution in [-0.2, 0) is 11.3 Å². The Kier molecular flexibility index (Phi) is 5.02. The van der Waals surface area contributed by atoms with Gasteiger partial charge in [0.2, 0.25) is 0 Å². The fraction of sp³-hybridized carbons (Fsp3) is 0.524. The minimum Gasteiger partial charge on any atom is -0.381 e. The van der Waals surface area contributed by atoms with Gasteiger partial charge in [-0.15, -0.1) is 0 Å². The van der Waals surface area contributed by atoms with Crippen LogP contribution in [0.25, 0.3) is 0 Å². The number of rotatable bonds is 3. The van der Waals surface area contributed by atoms with E-state index < -0.39 is 0 Å². The van der Waals surface area contributed by atoms with E-state index in [1.807, 2.05) is 24.8 Å². The van der Waals surface area contributed by atoms with E-state index in [0.717, 1.165) is 38.2 Å². The molecule has 28 heavy (non-hydrogen) atoms. The summed E-state index contributed by atoms with van der Waals surface area (Å²) in [5.74, 6) is -0.157. The second-order valence-electron chi connectivity index (χ2n) is 8.05. The van der Waals surface area contributed by atoms with Gasteiger partial charge < -0.3 is 14.2 Å². The highest BCUT2D eigenvalue weighted by atomic mass is 16.5. The third-order valence-electron chi connectivity index (χ3n) is 6.03. The standard InChI is InChI=1S/C21H26N4O3/c1-15-3-7-24(13-17-12-22-16(2)11-23-17)19(26)18(15)20(27)25-8-4-21(14-25)5-9-28-10-6-21/h3,7,11-12H,4-6,8-10,13-14H2,1-2H3. The topological polar surface area (TPSA) is 77.3 Å². The van der Waals surface area contributed by atoms with E-state index >= 15 is 0 Å². The van der Waals surface area contributed by atoms with Gasteiger partial charge in [-0.3, -0.25) is 19.6 Å². The molecule has 2 aliphatic rings. The number of carbonyl (C=O) groups is 1. The van der Waals surface area contributed by atoms with Gasteiger partial charge in [0.15, 0.2) is 0 Å². The molecule has 1 spiro atoms. The number of aryl methyl sites for hydroxylation is 2. The molecule has 2 aromatic rings. The molecule has 0 atom stereocenters. The van der Waals surface area contributed by atoms with E-state index in [2.05, 4.69) is 9.97 Å². The van der Waals surface area contributed by atoms with Gasteiger partial charge in [0.25, 0.3) is 11.5 Å². The average molecular weight is 382 g/mol. The van der Waals surface area contributed by atoms with Gasteiger partial charge in [0.05, 0.1) is 24.1 Å². The van der Waals surface area contributed by atoms with Crippen LogP contribution in [0.1, 0.15) is 46.6 Å². The number of pyridine rings is 1. The predicted molar refractivity (Wildman–Crippen MR) is 104 cm³/mol. The lowest BCUT2D eigenvalue weighted by molar-refractivity contribution is 0.0190. The molecule has 4 rings (SSSR count). The smallest absolute Gasteiger partial charge is 0.264 e. The maximum Gasteiger partial charge on any atom is 0.264 e. The van der Waals surface area contributed by atoms with Crippen LogP contribution in [-0.4, -0.2) is 51.6 Å². The van der Waals surface area contributed by atoms with Gasteiger partial charge in [0, 0.05) is 38.7 Å². The molecule has 0 N–H and O–H groups in total. The zero-order valence-electron chi connectivity index (χ0n) is 16.5. The number of nitrogens with zero attached hydrogens (tertiary/aromatic N) is 4. The van der Waals surface area contributed by atoms with Crippen molar-refractivity contribution in [2.24, 2.45) is 5.41 Å². The van der Waals surface area contributed by atoms with Gasteiger partial charge in [-0.25, -0.2) is 0 Å². The summed E-state index contributed by atoms with van der Waals surface area (Å²) < 4.78 is 7.03. The lowest BCUT2D eigenvalue weighted by Gasteiger charge is -2.33.